The van der Waals surface area contributed by atoms with Gasteiger partial charge in [0.05, 0.1) is 16.5 Å². The number of thiophene rings is 1. The topological polar surface area (TPSA) is 28.7 Å². The van der Waals surface area contributed by atoms with E-state index in [4.69, 9.17) is 12.2 Å². The summed E-state index contributed by atoms with van der Waals surface area (Å²) in [6, 6.07) is 2.00. The molecular formula is C6H4N2S2. The van der Waals surface area contributed by atoms with E-state index in [0.29, 0.717) is 4.64 Å². The first-order chi connectivity index (χ1) is 4.88. The lowest BCUT2D eigenvalue weighted by atomic mass is 10.5. The predicted octanol–water partition coefficient (Wildman–Crippen LogP) is 2.35. The summed E-state index contributed by atoms with van der Waals surface area (Å²) in [5, 5.41) is 2.00. The Labute approximate surface area is 66.6 Å². The summed E-state index contributed by atoms with van der Waals surface area (Å²) in [5.41, 5.74) is 1.07. The molecule has 2 aromatic heterocycles. The summed E-state index contributed by atoms with van der Waals surface area (Å²) in [6.07, 6.45) is 1.62. The van der Waals surface area contributed by atoms with E-state index >= 15 is 0 Å². The predicted molar refractivity (Wildman–Crippen MR) is 44.8 cm³/mol. The fourth-order valence-corrected chi connectivity index (χ4v) is 1.86. The molecule has 2 aromatic rings. The Kier molecular flexibility index (Phi) is 1.28. The summed E-state index contributed by atoms with van der Waals surface area (Å²) < 4.78 is 1.75. The van der Waals surface area contributed by atoms with Crippen LogP contribution in [0.3, 0.4) is 0 Å². The minimum absolute atomic E-state index is 0.684. The van der Waals surface area contributed by atoms with Crippen molar-refractivity contribution in [2.75, 3.05) is 0 Å². The Morgan fingerprint density at radius 1 is 1.60 bits per heavy atom. The van der Waals surface area contributed by atoms with Crippen molar-refractivity contribution in [2.24, 2.45) is 0 Å². The van der Waals surface area contributed by atoms with Crippen molar-refractivity contribution in [3.8, 4) is 0 Å². The zero-order chi connectivity index (χ0) is 6.97. The number of rotatable bonds is 0. The molecule has 0 bridgehead atoms. The Balaban J connectivity index is 3.09. The molecule has 4 heteroatoms. The maximum atomic E-state index is 4.99. The molecule has 0 aliphatic rings. The minimum atomic E-state index is 0.684. The third kappa shape index (κ3) is 0.767. The minimum Gasteiger partial charge on any atom is -0.345 e. The van der Waals surface area contributed by atoms with Crippen molar-refractivity contribution in [1.82, 2.24) is 9.97 Å². The van der Waals surface area contributed by atoms with Crippen molar-refractivity contribution in [3.63, 3.8) is 0 Å². The van der Waals surface area contributed by atoms with Gasteiger partial charge in [-0.25, -0.2) is 4.98 Å². The highest BCUT2D eigenvalue weighted by molar-refractivity contribution is 7.71. The van der Waals surface area contributed by atoms with Crippen molar-refractivity contribution in [2.45, 2.75) is 0 Å². The number of fused-ring (bicyclic) bond motifs is 1. The third-order valence-corrected chi connectivity index (χ3v) is 2.62. The molecule has 10 heavy (non-hydrogen) atoms. The molecule has 0 unspecified atom stereocenters. The lowest BCUT2D eigenvalue weighted by Gasteiger charge is -1.85. The van der Waals surface area contributed by atoms with E-state index in [2.05, 4.69) is 9.97 Å². The van der Waals surface area contributed by atoms with Gasteiger partial charge in [-0.1, -0.05) is 12.2 Å². The molecule has 50 valence electrons. The zero-order valence-electron chi connectivity index (χ0n) is 5.00. The molecular weight excluding hydrogens is 164 g/mol. The maximum Gasteiger partial charge on any atom is 0.147 e. The second-order valence-electron chi connectivity index (χ2n) is 1.87. The van der Waals surface area contributed by atoms with Crippen LogP contribution in [0, 0.1) is 4.64 Å². The van der Waals surface area contributed by atoms with Crippen LogP contribution >= 0.6 is 23.6 Å². The number of aromatic nitrogens is 2. The molecule has 2 rings (SSSR count). The highest BCUT2D eigenvalue weighted by Crippen LogP contribution is 2.17. The first kappa shape index (κ1) is 6.00. The van der Waals surface area contributed by atoms with Crippen LogP contribution in [0.25, 0.3) is 10.2 Å². The molecule has 0 atom stereocenters. The summed E-state index contributed by atoms with van der Waals surface area (Å²) in [5.74, 6) is 0. The van der Waals surface area contributed by atoms with Gasteiger partial charge in [0.2, 0.25) is 0 Å². The number of hydrogen-bond acceptors (Lipinski definition) is 3. The SMILES string of the molecule is S=c1nc[nH]c2ccsc12. The average Bonchev–Trinajstić information content (AvgIpc) is 2.36. The zero-order valence-corrected chi connectivity index (χ0v) is 6.63. The van der Waals surface area contributed by atoms with Gasteiger partial charge < -0.3 is 4.98 Å². The number of aromatic amines is 1. The fourth-order valence-electron chi connectivity index (χ4n) is 0.808. The lowest BCUT2D eigenvalue weighted by molar-refractivity contribution is 1.21. The van der Waals surface area contributed by atoms with Crippen LogP contribution in [0.4, 0.5) is 0 Å². The molecule has 2 nitrogen and oxygen atoms in total. The Morgan fingerprint density at radius 3 is 3.30 bits per heavy atom. The molecule has 0 saturated carbocycles. The van der Waals surface area contributed by atoms with E-state index in [0.717, 1.165) is 10.2 Å². The average molecular weight is 168 g/mol. The van der Waals surface area contributed by atoms with Gasteiger partial charge in [0.25, 0.3) is 0 Å². The van der Waals surface area contributed by atoms with Gasteiger partial charge in [-0.15, -0.1) is 11.3 Å². The highest BCUT2D eigenvalue weighted by atomic mass is 32.1. The van der Waals surface area contributed by atoms with E-state index in [1.54, 1.807) is 17.7 Å². The van der Waals surface area contributed by atoms with E-state index in [1.807, 2.05) is 11.4 Å². The van der Waals surface area contributed by atoms with E-state index in [1.165, 1.54) is 0 Å². The molecule has 0 radical (unpaired) electrons. The smallest absolute Gasteiger partial charge is 0.147 e. The van der Waals surface area contributed by atoms with Gasteiger partial charge in [-0.05, 0) is 11.4 Å². The first-order valence-corrected chi connectivity index (χ1v) is 4.07. The normalized spacial score (nSPS) is 10.4. The molecule has 0 aliphatic heterocycles. The van der Waals surface area contributed by atoms with Gasteiger partial charge in [0.15, 0.2) is 0 Å². The molecule has 0 aromatic carbocycles. The largest absolute Gasteiger partial charge is 0.345 e. The summed E-state index contributed by atoms with van der Waals surface area (Å²) in [4.78, 5) is 6.95. The van der Waals surface area contributed by atoms with Gasteiger partial charge in [-0.2, -0.15) is 0 Å². The number of hydrogen-bond donors (Lipinski definition) is 1. The Hall–Kier alpha value is -0.740. The quantitative estimate of drug-likeness (QED) is 0.612. The Morgan fingerprint density at radius 2 is 2.50 bits per heavy atom. The summed E-state index contributed by atoms with van der Waals surface area (Å²) in [6.45, 7) is 0. The second kappa shape index (κ2) is 2.14. The van der Waals surface area contributed by atoms with Crippen molar-refractivity contribution in [1.29, 1.82) is 0 Å². The molecule has 2 heterocycles. The molecule has 1 N–H and O–H groups in total. The van der Waals surface area contributed by atoms with Crippen molar-refractivity contribution < 1.29 is 0 Å². The van der Waals surface area contributed by atoms with Crippen LogP contribution in [-0.2, 0) is 0 Å². The van der Waals surface area contributed by atoms with Crippen LogP contribution in [0.5, 0.6) is 0 Å². The van der Waals surface area contributed by atoms with Gasteiger partial charge >= 0.3 is 0 Å². The standard InChI is InChI=1S/C6H4N2S2/c9-6-5-4(1-2-10-5)7-3-8-6/h1-3H,(H,7,8,9). The molecule has 0 amide bonds. The van der Waals surface area contributed by atoms with Crippen LogP contribution in [-0.4, -0.2) is 9.97 Å². The van der Waals surface area contributed by atoms with Crippen LogP contribution in [0.2, 0.25) is 0 Å². The summed E-state index contributed by atoms with van der Waals surface area (Å²) >= 11 is 6.60. The second-order valence-corrected chi connectivity index (χ2v) is 3.17. The monoisotopic (exact) mass is 168 g/mol. The van der Waals surface area contributed by atoms with E-state index < -0.39 is 0 Å². The number of nitrogens with zero attached hydrogens (tertiary/aromatic N) is 1. The summed E-state index contributed by atoms with van der Waals surface area (Å²) in [7, 11) is 0. The number of nitrogens with one attached hydrogen (secondary N) is 1. The molecule has 0 fully saturated rings. The number of H-pyrrole nitrogens is 1. The lowest BCUT2D eigenvalue weighted by Crippen LogP contribution is -1.75. The fraction of sp³-hybridized carbons (Fsp3) is 0. The van der Waals surface area contributed by atoms with Crippen LogP contribution < -0.4 is 0 Å². The Bertz CT molecular complexity index is 401. The van der Waals surface area contributed by atoms with Crippen molar-refractivity contribution >= 4 is 33.8 Å². The third-order valence-electron chi connectivity index (χ3n) is 1.26. The molecule has 0 spiro atoms. The van der Waals surface area contributed by atoms with E-state index in [9.17, 15) is 0 Å². The van der Waals surface area contributed by atoms with Crippen LogP contribution in [0.15, 0.2) is 17.8 Å². The molecule has 0 aliphatic carbocycles. The first-order valence-electron chi connectivity index (χ1n) is 2.79. The molecule has 0 saturated heterocycles. The maximum absolute atomic E-state index is 4.99. The van der Waals surface area contributed by atoms with Crippen molar-refractivity contribution in [3.05, 3.63) is 22.4 Å². The van der Waals surface area contributed by atoms with Gasteiger partial charge in [-0.3, -0.25) is 0 Å². The van der Waals surface area contributed by atoms with Gasteiger partial charge in [0, 0.05) is 0 Å². The van der Waals surface area contributed by atoms with Crippen LogP contribution in [0.1, 0.15) is 0 Å². The van der Waals surface area contributed by atoms with E-state index in [-0.39, 0.29) is 0 Å². The highest BCUT2D eigenvalue weighted by Gasteiger charge is 1.93. The van der Waals surface area contributed by atoms with Gasteiger partial charge in [0.1, 0.15) is 4.64 Å².